The quantitative estimate of drug-likeness (QED) is 0.300. The third-order valence-electron chi connectivity index (χ3n) is 3.64. The number of hydrogen-bond donors (Lipinski definition) is 2. The van der Waals surface area contributed by atoms with Crippen molar-refractivity contribution in [3.8, 4) is 11.5 Å². The Hall–Kier alpha value is -1.18. The van der Waals surface area contributed by atoms with Gasteiger partial charge in [-0.25, -0.2) is 4.99 Å². The van der Waals surface area contributed by atoms with Crippen molar-refractivity contribution >= 4 is 29.9 Å². The van der Waals surface area contributed by atoms with Crippen LogP contribution in [0.1, 0.15) is 44.7 Å². The van der Waals surface area contributed by atoms with Crippen LogP contribution in [0.3, 0.4) is 0 Å². The summed E-state index contributed by atoms with van der Waals surface area (Å²) in [7, 11) is 0. The van der Waals surface area contributed by atoms with Gasteiger partial charge in [0, 0.05) is 24.1 Å². The third-order valence-corrected chi connectivity index (χ3v) is 3.64. The van der Waals surface area contributed by atoms with Crippen LogP contribution in [0.15, 0.2) is 17.1 Å². The summed E-state index contributed by atoms with van der Waals surface area (Å²) in [5, 5.41) is 3.12. The maximum absolute atomic E-state index is 5.89. The van der Waals surface area contributed by atoms with Gasteiger partial charge in [-0.1, -0.05) is 13.3 Å². The number of guanidine groups is 1. The average Bonchev–Trinajstić information content (AvgIpc) is 2.84. The molecule has 0 amide bonds. The fraction of sp³-hybridized carbons (Fsp3) is 0.588. The number of nitrogens with zero attached hydrogens (tertiary/aromatic N) is 1. The normalized spacial score (nSPS) is 16.3. The summed E-state index contributed by atoms with van der Waals surface area (Å²) in [4.78, 5) is 4.40. The zero-order valence-electron chi connectivity index (χ0n) is 14.2. The Labute approximate surface area is 156 Å². The van der Waals surface area contributed by atoms with E-state index >= 15 is 0 Å². The van der Waals surface area contributed by atoms with Crippen molar-refractivity contribution in [1.82, 2.24) is 5.32 Å². The molecule has 3 N–H and O–H groups in total. The first-order valence-electron chi connectivity index (χ1n) is 8.13. The van der Waals surface area contributed by atoms with E-state index in [1.165, 1.54) is 5.56 Å². The predicted molar refractivity (Wildman–Crippen MR) is 105 cm³/mol. The average molecular weight is 433 g/mol. The van der Waals surface area contributed by atoms with Crippen LogP contribution >= 0.6 is 24.0 Å². The second-order valence-corrected chi connectivity index (χ2v) is 5.62. The van der Waals surface area contributed by atoms with Gasteiger partial charge in [-0.05, 0) is 32.4 Å². The van der Waals surface area contributed by atoms with Gasteiger partial charge in [0.2, 0.25) is 0 Å². The summed E-state index contributed by atoms with van der Waals surface area (Å²) < 4.78 is 11.6. The lowest BCUT2D eigenvalue weighted by Crippen LogP contribution is -2.32. The van der Waals surface area contributed by atoms with Gasteiger partial charge in [0.1, 0.15) is 17.6 Å². The minimum atomic E-state index is 0. The van der Waals surface area contributed by atoms with E-state index in [1.54, 1.807) is 0 Å². The molecular weight excluding hydrogens is 405 g/mol. The molecule has 5 nitrogen and oxygen atoms in total. The second kappa shape index (κ2) is 9.85. The van der Waals surface area contributed by atoms with Gasteiger partial charge in [0.15, 0.2) is 5.96 Å². The van der Waals surface area contributed by atoms with Crippen molar-refractivity contribution in [1.29, 1.82) is 0 Å². The van der Waals surface area contributed by atoms with Gasteiger partial charge in [0.05, 0.1) is 13.2 Å². The lowest BCUT2D eigenvalue weighted by Gasteiger charge is -2.12. The molecule has 2 rings (SSSR count). The van der Waals surface area contributed by atoms with Gasteiger partial charge < -0.3 is 20.5 Å². The molecule has 0 radical (unpaired) electrons. The zero-order valence-corrected chi connectivity index (χ0v) is 16.6. The minimum Gasteiger partial charge on any atom is -0.494 e. The number of benzene rings is 1. The van der Waals surface area contributed by atoms with Crippen molar-refractivity contribution in [2.24, 2.45) is 10.7 Å². The van der Waals surface area contributed by atoms with E-state index in [4.69, 9.17) is 15.2 Å². The molecule has 1 aromatic carbocycles. The van der Waals surface area contributed by atoms with Crippen molar-refractivity contribution in [3.63, 3.8) is 0 Å². The summed E-state index contributed by atoms with van der Waals surface area (Å²) >= 11 is 0. The number of nitrogens with two attached hydrogens (primary N) is 1. The Balaban J connectivity index is 0.00000264. The van der Waals surface area contributed by atoms with Crippen LogP contribution in [0.4, 0.5) is 0 Å². The largest absolute Gasteiger partial charge is 0.494 e. The Kier molecular flexibility index (Phi) is 8.51. The monoisotopic (exact) mass is 433 g/mol. The van der Waals surface area contributed by atoms with E-state index in [1.807, 2.05) is 13.0 Å². The molecule has 1 aromatic rings. The first-order valence-corrected chi connectivity index (χ1v) is 8.13. The molecule has 6 heteroatoms. The Morgan fingerprint density at radius 1 is 1.43 bits per heavy atom. The lowest BCUT2D eigenvalue weighted by molar-refractivity contribution is 0.254. The summed E-state index contributed by atoms with van der Waals surface area (Å²) in [6.45, 7) is 8.19. The lowest BCUT2D eigenvalue weighted by atomic mass is 10.1. The molecule has 23 heavy (non-hydrogen) atoms. The first kappa shape index (κ1) is 19.9. The number of unbranched alkanes of at least 4 members (excludes halogenated alkanes) is 1. The Bertz CT molecular complexity index is 535. The highest BCUT2D eigenvalue weighted by Gasteiger charge is 2.21. The number of rotatable bonds is 7. The van der Waals surface area contributed by atoms with E-state index in [2.05, 4.69) is 30.2 Å². The van der Waals surface area contributed by atoms with E-state index in [9.17, 15) is 0 Å². The van der Waals surface area contributed by atoms with Crippen LogP contribution < -0.4 is 20.5 Å². The Morgan fingerprint density at radius 2 is 2.22 bits per heavy atom. The summed E-state index contributed by atoms with van der Waals surface area (Å²) in [5.74, 6) is 2.30. The molecule has 130 valence electrons. The number of aliphatic imine (C=N–C) groups is 1. The van der Waals surface area contributed by atoms with Gasteiger partial charge in [-0.3, -0.25) is 0 Å². The van der Waals surface area contributed by atoms with Crippen molar-refractivity contribution in [2.45, 2.75) is 52.7 Å². The number of ether oxygens (including phenoxy) is 2. The molecule has 1 atom stereocenters. The van der Waals surface area contributed by atoms with Crippen molar-refractivity contribution in [2.75, 3.05) is 13.2 Å². The van der Waals surface area contributed by atoms with Crippen LogP contribution in [0.2, 0.25) is 0 Å². The summed E-state index contributed by atoms with van der Waals surface area (Å²) in [5.41, 5.74) is 8.10. The van der Waals surface area contributed by atoms with Crippen LogP contribution in [0.25, 0.3) is 0 Å². The first-order chi connectivity index (χ1) is 10.6. The van der Waals surface area contributed by atoms with Gasteiger partial charge in [-0.15, -0.1) is 24.0 Å². The minimum absolute atomic E-state index is 0. The molecule has 0 aromatic heterocycles. The molecule has 1 unspecified atom stereocenters. The number of halogens is 1. The highest BCUT2D eigenvalue weighted by molar-refractivity contribution is 14.0. The van der Waals surface area contributed by atoms with Crippen LogP contribution in [-0.2, 0) is 13.0 Å². The van der Waals surface area contributed by atoms with Crippen molar-refractivity contribution in [3.05, 3.63) is 23.3 Å². The third kappa shape index (κ3) is 5.75. The maximum Gasteiger partial charge on any atom is 0.188 e. The van der Waals surface area contributed by atoms with Gasteiger partial charge >= 0.3 is 0 Å². The van der Waals surface area contributed by atoms with Crippen molar-refractivity contribution < 1.29 is 9.47 Å². The molecule has 0 spiro atoms. The molecule has 0 aliphatic carbocycles. The van der Waals surface area contributed by atoms with Gasteiger partial charge in [-0.2, -0.15) is 0 Å². The van der Waals surface area contributed by atoms with E-state index < -0.39 is 0 Å². The maximum atomic E-state index is 5.89. The topological polar surface area (TPSA) is 68.9 Å². The van der Waals surface area contributed by atoms with Gasteiger partial charge in [0.25, 0.3) is 0 Å². The fourth-order valence-electron chi connectivity index (χ4n) is 2.51. The summed E-state index contributed by atoms with van der Waals surface area (Å²) in [6, 6.07) is 4.11. The predicted octanol–water partition coefficient (Wildman–Crippen LogP) is 3.23. The second-order valence-electron chi connectivity index (χ2n) is 5.62. The zero-order chi connectivity index (χ0) is 15.9. The van der Waals surface area contributed by atoms with E-state index in [-0.39, 0.29) is 30.1 Å². The van der Waals surface area contributed by atoms with Crippen LogP contribution in [0.5, 0.6) is 11.5 Å². The smallest absolute Gasteiger partial charge is 0.188 e. The summed E-state index contributed by atoms with van der Waals surface area (Å²) in [6.07, 6.45) is 3.38. The molecule has 1 aliphatic rings. The van der Waals surface area contributed by atoms with Crippen LogP contribution in [-0.4, -0.2) is 25.2 Å². The SMILES string of the molecule is CCCCNC(N)=NCc1cc2c(cc1OCC)CC(C)O2.I. The molecule has 1 heterocycles. The number of nitrogens with one attached hydrogen (secondary N) is 1. The van der Waals surface area contributed by atoms with E-state index in [0.29, 0.717) is 19.1 Å². The van der Waals surface area contributed by atoms with Crippen LogP contribution in [0, 0.1) is 0 Å². The molecular formula is C17H28IN3O2. The standard InChI is InChI=1S/C17H27N3O2.HI/c1-4-6-7-19-17(18)20-11-14-10-16-13(8-12(3)22-16)9-15(14)21-5-2;/h9-10,12H,4-8,11H2,1-3H3,(H3,18,19,20);1H. The molecule has 1 aliphatic heterocycles. The molecule has 0 saturated heterocycles. The Morgan fingerprint density at radius 3 is 2.91 bits per heavy atom. The highest BCUT2D eigenvalue weighted by Crippen LogP contribution is 2.35. The fourth-order valence-corrected chi connectivity index (χ4v) is 2.51. The van der Waals surface area contributed by atoms with E-state index in [0.717, 1.165) is 42.9 Å². The molecule has 0 saturated carbocycles. The highest BCUT2D eigenvalue weighted by atomic mass is 127. The molecule has 0 bridgehead atoms. The molecule has 0 fully saturated rings. The number of hydrogen-bond acceptors (Lipinski definition) is 3. The number of fused-ring (bicyclic) bond motifs is 1.